The fourth-order valence-corrected chi connectivity index (χ4v) is 6.06. The van der Waals surface area contributed by atoms with Crippen LogP contribution in [0.1, 0.15) is 88.7 Å². The Morgan fingerprint density at radius 3 is 2.58 bits per heavy atom. The molecule has 1 atom stereocenters. The van der Waals surface area contributed by atoms with Gasteiger partial charge in [0.2, 0.25) is 5.95 Å². The molecule has 17 nitrogen and oxygen atoms in total. The van der Waals surface area contributed by atoms with Crippen LogP contribution in [0.15, 0.2) is 26.8 Å². The zero-order valence-corrected chi connectivity index (χ0v) is 30.9. The number of carbonyl (C=O) groups excluding carboxylic acids is 2. The summed E-state index contributed by atoms with van der Waals surface area (Å²) in [5.74, 6) is 6.20. The van der Waals surface area contributed by atoms with Crippen molar-refractivity contribution < 1.29 is 19.1 Å². The minimum atomic E-state index is -0.647. The van der Waals surface area contributed by atoms with Gasteiger partial charge in [0, 0.05) is 44.2 Å². The van der Waals surface area contributed by atoms with Crippen molar-refractivity contribution in [3.8, 4) is 11.8 Å². The van der Waals surface area contributed by atoms with Gasteiger partial charge in [0.1, 0.15) is 11.4 Å². The van der Waals surface area contributed by atoms with Crippen molar-refractivity contribution >= 4 is 35.0 Å². The zero-order chi connectivity index (χ0) is 37.8. The molecular formula is C35H49N11O6. The molecule has 1 amide bonds. The number of nitrogens with one attached hydrogen (secondary N) is 2. The predicted molar refractivity (Wildman–Crippen MR) is 198 cm³/mol. The highest BCUT2D eigenvalue weighted by Gasteiger charge is 2.29. The summed E-state index contributed by atoms with van der Waals surface area (Å²) >= 11 is 0. The van der Waals surface area contributed by atoms with Gasteiger partial charge in [-0.05, 0) is 71.0 Å². The van der Waals surface area contributed by atoms with Crippen molar-refractivity contribution in [2.75, 3.05) is 43.5 Å². The third-order valence-electron chi connectivity index (χ3n) is 8.54. The van der Waals surface area contributed by atoms with Gasteiger partial charge >= 0.3 is 17.8 Å². The Labute approximate surface area is 302 Å². The number of amides is 1. The van der Waals surface area contributed by atoms with E-state index in [1.165, 1.54) is 11.7 Å². The lowest BCUT2D eigenvalue weighted by Gasteiger charge is -2.34. The van der Waals surface area contributed by atoms with Crippen molar-refractivity contribution in [3.63, 3.8) is 0 Å². The highest BCUT2D eigenvalue weighted by Crippen LogP contribution is 2.24. The van der Waals surface area contributed by atoms with Crippen LogP contribution in [0.4, 0.5) is 16.6 Å². The van der Waals surface area contributed by atoms with Crippen molar-refractivity contribution in [2.45, 2.75) is 97.4 Å². The Hall–Kier alpha value is -5.49. The molecule has 17 heteroatoms. The monoisotopic (exact) mass is 719 g/mol. The number of hydrogen-bond acceptors (Lipinski definition) is 11. The SMILES string of the molecule is CC#CCn1c(N2CCCC(NC(=O)OC(C)(C)C)C2)nc2c1c(=O)n(Cc1nc(NCCCCCCCN=[N+]=[N-])ccc1C(=O)OC)c(=O)n2C. The van der Waals surface area contributed by atoms with Gasteiger partial charge in [-0.2, -0.15) is 4.98 Å². The average molecular weight is 720 g/mol. The number of piperidine rings is 1. The van der Waals surface area contributed by atoms with E-state index in [-0.39, 0.29) is 41.6 Å². The molecule has 1 saturated heterocycles. The van der Waals surface area contributed by atoms with E-state index in [1.54, 1.807) is 51.4 Å². The number of aryl methyl sites for hydroxylation is 1. The molecule has 4 rings (SSSR count). The van der Waals surface area contributed by atoms with Crippen LogP contribution in [0.3, 0.4) is 0 Å². The normalized spacial score (nSPS) is 14.3. The Morgan fingerprint density at radius 1 is 1.12 bits per heavy atom. The number of imidazole rings is 1. The molecule has 0 aliphatic carbocycles. The number of hydrogen-bond donors (Lipinski definition) is 2. The lowest BCUT2D eigenvalue weighted by Crippen LogP contribution is -2.49. The first-order chi connectivity index (χ1) is 24.9. The van der Waals surface area contributed by atoms with Gasteiger partial charge in [-0.3, -0.25) is 18.5 Å². The summed E-state index contributed by atoms with van der Waals surface area (Å²) in [6.07, 6.45) is 5.64. The first kappa shape index (κ1) is 39.3. The van der Waals surface area contributed by atoms with Crippen LogP contribution in [0.2, 0.25) is 0 Å². The molecule has 0 spiro atoms. The molecule has 0 radical (unpaired) electrons. The molecule has 1 fully saturated rings. The molecule has 2 N–H and O–H groups in total. The number of carbonyl (C=O) groups is 2. The summed E-state index contributed by atoms with van der Waals surface area (Å²) in [4.78, 5) is 67.6. The maximum Gasteiger partial charge on any atom is 0.407 e. The van der Waals surface area contributed by atoms with Crippen LogP contribution in [0.25, 0.3) is 21.6 Å². The molecular weight excluding hydrogens is 670 g/mol. The average Bonchev–Trinajstić information content (AvgIpc) is 3.49. The molecule has 0 aromatic carbocycles. The maximum absolute atomic E-state index is 14.3. The van der Waals surface area contributed by atoms with Crippen LogP contribution < -0.4 is 26.8 Å². The molecule has 4 heterocycles. The minimum Gasteiger partial charge on any atom is -0.465 e. The largest absolute Gasteiger partial charge is 0.465 e. The van der Waals surface area contributed by atoms with Gasteiger partial charge in [0.15, 0.2) is 11.2 Å². The standard InChI is InChI=1S/C35H49N11O6/c1-7-8-21-45-28-29(41-32(45)44-20-14-15-24(22-44)39-33(49)52-35(2,3)4)43(5)34(50)46(30(28)47)23-26-25(31(48)51-6)16-17-27(40-26)37-18-12-10-9-11-13-19-38-42-36/h16-17,24H,9-15,18-23H2,1-6H3,(H,37,40)(H,39,49). The maximum atomic E-state index is 14.3. The first-order valence-electron chi connectivity index (χ1n) is 17.6. The molecule has 1 aliphatic rings. The number of methoxy groups -OCH3 is 1. The Bertz CT molecular complexity index is 1970. The number of esters is 1. The Morgan fingerprint density at radius 2 is 1.87 bits per heavy atom. The summed E-state index contributed by atoms with van der Waals surface area (Å²) < 4.78 is 14.5. The number of pyridine rings is 1. The predicted octanol–water partition coefficient (Wildman–Crippen LogP) is 4.32. The van der Waals surface area contributed by atoms with Crippen molar-refractivity contribution in [3.05, 3.63) is 54.7 Å². The summed E-state index contributed by atoms with van der Waals surface area (Å²) in [5.41, 5.74) is 7.21. The van der Waals surface area contributed by atoms with E-state index in [0.29, 0.717) is 37.9 Å². The Balaban J connectivity index is 1.64. The lowest BCUT2D eigenvalue weighted by atomic mass is 10.1. The smallest absolute Gasteiger partial charge is 0.407 e. The minimum absolute atomic E-state index is 0.130. The molecule has 280 valence electrons. The quantitative estimate of drug-likeness (QED) is 0.0569. The summed E-state index contributed by atoms with van der Waals surface area (Å²) in [6.45, 7) is 9.09. The third-order valence-corrected chi connectivity index (χ3v) is 8.54. The van der Waals surface area contributed by atoms with E-state index in [2.05, 4.69) is 37.5 Å². The second kappa shape index (κ2) is 18.1. The van der Waals surface area contributed by atoms with Crippen LogP contribution in [-0.2, 0) is 29.6 Å². The molecule has 3 aromatic rings. The van der Waals surface area contributed by atoms with E-state index in [0.717, 1.165) is 49.5 Å². The van der Waals surface area contributed by atoms with Crippen molar-refractivity contribution in [1.82, 2.24) is 29.0 Å². The van der Waals surface area contributed by atoms with E-state index in [4.69, 9.17) is 20.0 Å². The number of nitrogens with zero attached hydrogens (tertiary/aromatic N) is 9. The van der Waals surface area contributed by atoms with Crippen LogP contribution in [0.5, 0.6) is 0 Å². The van der Waals surface area contributed by atoms with E-state index in [9.17, 15) is 19.2 Å². The van der Waals surface area contributed by atoms with Gasteiger partial charge in [0.25, 0.3) is 5.56 Å². The van der Waals surface area contributed by atoms with Gasteiger partial charge < -0.3 is 25.0 Å². The first-order valence-corrected chi connectivity index (χ1v) is 17.6. The number of anilines is 2. The highest BCUT2D eigenvalue weighted by molar-refractivity contribution is 5.90. The topological polar surface area (TPSA) is 203 Å². The molecule has 0 saturated carbocycles. The van der Waals surface area contributed by atoms with Crippen LogP contribution in [-0.4, -0.2) is 80.7 Å². The molecule has 1 unspecified atom stereocenters. The summed E-state index contributed by atoms with van der Waals surface area (Å²) in [7, 11) is 2.80. The second-order valence-electron chi connectivity index (χ2n) is 13.6. The van der Waals surface area contributed by atoms with E-state index >= 15 is 0 Å². The number of aromatic nitrogens is 5. The summed E-state index contributed by atoms with van der Waals surface area (Å²) in [6, 6.07) is 3.00. The fourth-order valence-electron chi connectivity index (χ4n) is 6.06. The summed E-state index contributed by atoms with van der Waals surface area (Å²) in [5, 5.41) is 9.76. The van der Waals surface area contributed by atoms with Crippen LogP contribution in [0, 0.1) is 11.8 Å². The van der Waals surface area contributed by atoms with Gasteiger partial charge in [-0.15, -0.1) is 5.92 Å². The second-order valence-corrected chi connectivity index (χ2v) is 13.6. The molecule has 3 aromatic heterocycles. The van der Waals surface area contributed by atoms with Crippen molar-refractivity contribution in [2.24, 2.45) is 12.2 Å². The third kappa shape index (κ3) is 10.1. The number of azide groups is 1. The molecule has 0 bridgehead atoms. The molecule has 1 aliphatic heterocycles. The number of unbranched alkanes of at least 4 members (excludes halogenated alkanes) is 4. The zero-order valence-electron chi connectivity index (χ0n) is 30.9. The van der Waals surface area contributed by atoms with Gasteiger partial charge in [-0.1, -0.05) is 30.3 Å². The number of fused-ring (bicyclic) bond motifs is 1. The van der Waals surface area contributed by atoms with Crippen LogP contribution >= 0.6 is 0 Å². The number of ether oxygens (including phenoxy) is 2. The van der Waals surface area contributed by atoms with E-state index in [1.807, 2.05) is 4.90 Å². The molecule has 52 heavy (non-hydrogen) atoms. The number of rotatable bonds is 15. The van der Waals surface area contributed by atoms with E-state index < -0.39 is 28.9 Å². The van der Waals surface area contributed by atoms with Gasteiger partial charge in [0.05, 0.1) is 31.5 Å². The lowest BCUT2D eigenvalue weighted by molar-refractivity contribution is 0.0498. The highest BCUT2D eigenvalue weighted by atomic mass is 16.6. The fraction of sp³-hybridized carbons (Fsp3) is 0.600. The number of alkyl carbamates (subject to hydrolysis) is 1. The van der Waals surface area contributed by atoms with Gasteiger partial charge in [-0.25, -0.2) is 19.4 Å². The Kier molecular flexibility index (Phi) is 13.7. The van der Waals surface area contributed by atoms with Crippen molar-refractivity contribution in [1.29, 1.82) is 0 Å².